The zero-order valence-corrected chi connectivity index (χ0v) is 18.6. The number of hydrogen-bond donors (Lipinski definition) is 1. The fourth-order valence-corrected chi connectivity index (χ4v) is 3.95. The Morgan fingerprint density at radius 2 is 1.61 bits per heavy atom. The lowest BCUT2D eigenvalue weighted by atomic mass is 10.0. The molecule has 0 aromatic heterocycles. The van der Waals surface area contributed by atoms with E-state index in [4.69, 9.17) is 4.74 Å². The molecule has 0 aliphatic carbocycles. The minimum atomic E-state index is -3.73. The first-order chi connectivity index (χ1) is 14.9. The van der Waals surface area contributed by atoms with E-state index >= 15 is 0 Å². The van der Waals surface area contributed by atoms with E-state index in [1.807, 2.05) is 73.7 Å². The van der Waals surface area contributed by atoms with Gasteiger partial charge in [0.1, 0.15) is 6.10 Å². The molecule has 1 unspecified atom stereocenters. The minimum absolute atomic E-state index is 0.175. The van der Waals surface area contributed by atoms with Crippen molar-refractivity contribution >= 4 is 21.8 Å². The van der Waals surface area contributed by atoms with Gasteiger partial charge in [-0.05, 0) is 37.1 Å². The largest absolute Gasteiger partial charge is 0.373 e. The van der Waals surface area contributed by atoms with E-state index in [2.05, 4.69) is 9.93 Å². The summed E-state index contributed by atoms with van der Waals surface area (Å²) in [5, 5.41) is 4.14. The van der Waals surface area contributed by atoms with Crippen molar-refractivity contribution < 1.29 is 13.2 Å². The first-order valence-electron chi connectivity index (χ1n) is 9.89. The molecule has 1 N–H and O–H groups in total. The van der Waals surface area contributed by atoms with Gasteiger partial charge in [-0.2, -0.15) is 18.4 Å². The van der Waals surface area contributed by atoms with Crippen LogP contribution in [0.1, 0.15) is 35.3 Å². The molecule has 3 aromatic rings. The summed E-state index contributed by atoms with van der Waals surface area (Å²) in [6.07, 6.45) is 3.74. The molecule has 0 radical (unpaired) electrons. The van der Waals surface area contributed by atoms with Crippen LogP contribution < -0.4 is 4.83 Å². The number of rotatable bonds is 8. The van der Waals surface area contributed by atoms with E-state index in [1.165, 1.54) is 0 Å². The Labute approximate surface area is 184 Å². The van der Waals surface area contributed by atoms with Gasteiger partial charge in [0.05, 0.1) is 10.6 Å². The van der Waals surface area contributed by atoms with Crippen LogP contribution >= 0.6 is 0 Å². The molecule has 0 amide bonds. The summed E-state index contributed by atoms with van der Waals surface area (Å²) in [5.74, 6) is 0. The lowest BCUT2D eigenvalue weighted by Gasteiger charge is -2.12. The molecule has 0 fully saturated rings. The van der Waals surface area contributed by atoms with Crippen LogP contribution in [0.3, 0.4) is 0 Å². The molecule has 1 atom stereocenters. The lowest BCUT2D eigenvalue weighted by Crippen LogP contribution is -2.20. The van der Waals surface area contributed by atoms with Crippen LogP contribution in [0.25, 0.3) is 6.08 Å². The second kappa shape index (κ2) is 10.2. The third kappa shape index (κ3) is 5.90. The molecule has 3 rings (SSSR count). The molecule has 0 spiro atoms. The van der Waals surface area contributed by atoms with Crippen molar-refractivity contribution in [2.24, 2.45) is 5.10 Å². The molecule has 0 saturated heterocycles. The van der Waals surface area contributed by atoms with Crippen molar-refractivity contribution in [3.05, 3.63) is 107 Å². The van der Waals surface area contributed by atoms with Crippen LogP contribution in [-0.4, -0.2) is 21.2 Å². The summed E-state index contributed by atoms with van der Waals surface area (Å²) in [7, 11) is -2.07. The zero-order chi connectivity index (χ0) is 22.3. The van der Waals surface area contributed by atoms with Crippen molar-refractivity contribution in [3.63, 3.8) is 0 Å². The lowest BCUT2D eigenvalue weighted by molar-refractivity contribution is 0.143. The molecule has 31 heavy (non-hydrogen) atoms. The number of hydrogen-bond acceptors (Lipinski definition) is 4. The normalized spacial score (nSPS) is 13.3. The van der Waals surface area contributed by atoms with Crippen LogP contribution in [0.4, 0.5) is 0 Å². The highest BCUT2D eigenvalue weighted by Crippen LogP contribution is 2.21. The number of sulfonamides is 1. The number of nitrogens with zero attached hydrogens (tertiary/aromatic N) is 1. The third-order valence-electron chi connectivity index (χ3n) is 4.85. The van der Waals surface area contributed by atoms with Gasteiger partial charge in [-0.1, -0.05) is 84.4 Å². The van der Waals surface area contributed by atoms with Gasteiger partial charge in [0.15, 0.2) is 0 Å². The fourth-order valence-electron chi connectivity index (χ4n) is 3.09. The minimum Gasteiger partial charge on any atom is -0.373 e. The molecule has 160 valence electrons. The number of hydrazone groups is 1. The van der Waals surface area contributed by atoms with Crippen LogP contribution in [-0.2, 0) is 14.8 Å². The maximum Gasteiger partial charge on any atom is 0.276 e. The molecule has 0 aliphatic rings. The molecular formula is C25H26N2O3S. The highest BCUT2D eigenvalue weighted by molar-refractivity contribution is 7.89. The quantitative estimate of drug-likeness (QED) is 0.396. The van der Waals surface area contributed by atoms with E-state index < -0.39 is 10.0 Å². The number of nitrogens with one attached hydrogen (secondary N) is 1. The number of ether oxygens (including phenoxy) is 1. The summed E-state index contributed by atoms with van der Waals surface area (Å²) in [6.45, 7) is 3.68. The van der Waals surface area contributed by atoms with Crippen molar-refractivity contribution in [1.82, 2.24) is 4.83 Å². The van der Waals surface area contributed by atoms with Gasteiger partial charge in [0.2, 0.25) is 0 Å². The summed E-state index contributed by atoms with van der Waals surface area (Å²) in [4.78, 5) is 2.51. The molecule has 0 bridgehead atoms. The van der Waals surface area contributed by atoms with Crippen LogP contribution in [0.15, 0.2) is 94.9 Å². The Morgan fingerprint density at radius 3 is 2.29 bits per heavy atom. The maximum atomic E-state index is 12.5. The average Bonchev–Trinajstić information content (AvgIpc) is 2.79. The molecule has 0 saturated carbocycles. The van der Waals surface area contributed by atoms with E-state index in [1.54, 1.807) is 38.3 Å². The Morgan fingerprint density at radius 1 is 0.968 bits per heavy atom. The zero-order valence-electron chi connectivity index (χ0n) is 17.8. The van der Waals surface area contributed by atoms with E-state index in [0.29, 0.717) is 5.71 Å². The molecule has 0 heterocycles. The Bertz CT molecular complexity index is 1170. The predicted molar refractivity (Wildman–Crippen MR) is 125 cm³/mol. The van der Waals surface area contributed by atoms with Crippen molar-refractivity contribution in [2.45, 2.75) is 24.8 Å². The smallest absolute Gasteiger partial charge is 0.276 e. The first-order valence-corrected chi connectivity index (χ1v) is 11.4. The SMILES string of the molecule is COC(/C=C/c1ccccc1/C(C)=N/NS(=O)(=O)c1ccc(C)cc1)c1ccccc1. The standard InChI is InChI=1S/C25H26N2O3S/c1-19-13-16-23(17-14-19)31(28,29)27-26-20(2)24-12-8-7-9-21(24)15-18-25(30-3)22-10-5-4-6-11-22/h4-18,25,27H,1-3H3/b18-15+,26-20+. The first kappa shape index (κ1) is 22.5. The summed E-state index contributed by atoms with van der Waals surface area (Å²) >= 11 is 0. The van der Waals surface area contributed by atoms with Gasteiger partial charge in [0.25, 0.3) is 10.0 Å². The third-order valence-corrected chi connectivity index (χ3v) is 6.07. The van der Waals surface area contributed by atoms with E-state index in [0.717, 1.165) is 22.3 Å². The average molecular weight is 435 g/mol. The second-order valence-corrected chi connectivity index (χ2v) is 8.78. The Balaban J connectivity index is 1.82. The van der Waals surface area contributed by atoms with Crippen molar-refractivity contribution in [3.8, 4) is 0 Å². The predicted octanol–water partition coefficient (Wildman–Crippen LogP) is 5.10. The van der Waals surface area contributed by atoms with Gasteiger partial charge in [0, 0.05) is 12.7 Å². The van der Waals surface area contributed by atoms with E-state index in [9.17, 15) is 8.42 Å². The Hall–Kier alpha value is -3.22. The number of methoxy groups -OCH3 is 1. The topological polar surface area (TPSA) is 67.8 Å². The van der Waals surface area contributed by atoms with Gasteiger partial charge in [-0.15, -0.1) is 0 Å². The number of benzene rings is 3. The molecule has 3 aromatic carbocycles. The monoisotopic (exact) mass is 434 g/mol. The van der Waals surface area contributed by atoms with Crippen LogP contribution in [0, 0.1) is 6.92 Å². The molecule has 6 heteroatoms. The van der Waals surface area contributed by atoms with E-state index in [-0.39, 0.29) is 11.0 Å². The van der Waals surface area contributed by atoms with Gasteiger partial charge in [-0.25, -0.2) is 0 Å². The molecule has 0 aliphatic heterocycles. The second-order valence-electron chi connectivity index (χ2n) is 7.12. The molecule has 5 nitrogen and oxygen atoms in total. The molecular weight excluding hydrogens is 408 g/mol. The van der Waals surface area contributed by atoms with Crippen LogP contribution in [0.2, 0.25) is 0 Å². The van der Waals surface area contributed by atoms with Crippen molar-refractivity contribution in [2.75, 3.05) is 7.11 Å². The maximum absolute atomic E-state index is 12.5. The van der Waals surface area contributed by atoms with Gasteiger partial charge < -0.3 is 4.74 Å². The summed E-state index contributed by atoms with van der Waals surface area (Å²) in [5.41, 5.74) is 4.34. The summed E-state index contributed by atoms with van der Waals surface area (Å²) < 4.78 is 30.7. The van der Waals surface area contributed by atoms with Gasteiger partial charge in [-0.3, -0.25) is 0 Å². The highest BCUT2D eigenvalue weighted by Gasteiger charge is 2.13. The van der Waals surface area contributed by atoms with Crippen molar-refractivity contribution in [1.29, 1.82) is 0 Å². The Kier molecular flexibility index (Phi) is 7.39. The fraction of sp³-hybridized carbons (Fsp3) is 0.160. The van der Waals surface area contributed by atoms with Crippen LogP contribution in [0.5, 0.6) is 0 Å². The summed E-state index contributed by atoms with van der Waals surface area (Å²) in [6, 6.07) is 24.2. The van der Waals surface area contributed by atoms with Gasteiger partial charge >= 0.3 is 0 Å². The number of aryl methyl sites for hydroxylation is 1. The highest BCUT2D eigenvalue weighted by atomic mass is 32.2.